The maximum Gasteiger partial charge on any atom is 0.142 e. The van der Waals surface area contributed by atoms with Crippen LogP contribution in [0.25, 0.3) is 0 Å². The Morgan fingerprint density at radius 1 is 1.16 bits per heavy atom. The predicted molar refractivity (Wildman–Crippen MR) is 79.1 cm³/mol. The molecule has 4 heteroatoms. The van der Waals surface area contributed by atoms with Gasteiger partial charge in [-0.3, -0.25) is 0 Å². The van der Waals surface area contributed by atoms with E-state index in [-0.39, 0.29) is 17.5 Å². The summed E-state index contributed by atoms with van der Waals surface area (Å²) in [5.41, 5.74) is 1.85. The number of aliphatic hydroxyl groups is 1. The van der Waals surface area contributed by atoms with Gasteiger partial charge >= 0.3 is 0 Å². The standard InChI is InChI=1S/C15H13BrClFO/c16-13-4-2-11(3-5-13)12(9-19)7-10-1-6-14(17)15(18)8-10/h1-6,8,12,19H,7,9H2. The lowest BCUT2D eigenvalue weighted by Crippen LogP contribution is -2.08. The Bertz CT molecular complexity index is 557. The van der Waals surface area contributed by atoms with Gasteiger partial charge in [-0.2, -0.15) is 0 Å². The average molecular weight is 344 g/mol. The molecule has 0 aliphatic rings. The van der Waals surface area contributed by atoms with Gasteiger partial charge in [-0.1, -0.05) is 45.7 Å². The fourth-order valence-corrected chi connectivity index (χ4v) is 2.36. The molecule has 0 heterocycles. The number of halogens is 3. The monoisotopic (exact) mass is 342 g/mol. The van der Waals surface area contributed by atoms with Gasteiger partial charge in [0.15, 0.2) is 0 Å². The van der Waals surface area contributed by atoms with Gasteiger partial charge < -0.3 is 5.11 Å². The zero-order valence-corrected chi connectivity index (χ0v) is 12.5. The van der Waals surface area contributed by atoms with Crippen molar-refractivity contribution < 1.29 is 9.50 Å². The molecule has 0 radical (unpaired) electrons. The maximum atomic E-state index is 13.4. The van der Waals surface area contributed by atoms with Crippen molar-refractivity contribution in [2.45, 2.75) is 12.3 Å². The van der Waals surface area contributed by atoms with Crippen molar-refractivity contribution in [3.8, 4) is 0 Å². The SMILES string of the molecule is OCC(Cc1ccc(Cl)c(F)c1)c1ccc(Br)cc1. The predicted octanol–water partition coefficient (Wildman–Crippen LogP) is 4.56. The van der Waals surface area contributed by atoms with E-state index in [1.807, 2.05) is 24.3 Å². The van der Waals surface area contributed by atoms with Crippen LogP contribution in [-0.2, 0) is 6.42 Å². The summed E-state index contributed by atoms with van der Waals surface area (Å²) in [6.07, 6.45) is 0.576. The van der Waals surface area contributed by atoms with Gasteiger partial charge in [0.05, 0.1) is 11.6 Å². The quantitative estimate of drug-likeness (QED) is 0.863. The minimum absolute atomic E-state index is 0.0197. The second-order valence-electron chi connectivity index (χ2n) is 4.38. The Morgan fingerprint density at radius 2 is 1.84 bits per heavy atom. The summed E-state index contributed by atoms with van der Waals surface area (Å²) < 4.78 is 14.4. The van der Waals surface area contributed by atoms with Gasteiger partial charge in [0, 0.05) is 10.4 Å². The van der Waals surface area contributed by atoms with Crippen LogP contribution in [0.4, 0.5) is 4.39 Å². The second kappa shape index (κ2) is 6.51. The first-order valence-electron chi connectivity index (χ1n) is 5.90. The van der Waals surface area contributed by atoms with Gasteiger partial charge in [-0.25, -0.2) is 4.39 Å². The molecule has 0 amide bonds. The number of hydrogen-bond donors (Lipinski definition) is 1. The number of benzene rings is 2. The highest BCUT2D eigenvalue weighted by molar-refractivity contribution is 9.10. The molecule has 2 rings (SSSR count). The molecular formula is C15H13BrClFO. The molecule has 0 spiro atoms. The van der Waals surface area contributed by atoms with Crippen molar-refractivity contribution >= 4 is 27.5 Å². The molecule has 0 bridgehead atoms. The van der Waals surface area contributed by atoms with Crippen molar-refractivity contribution in [3.05, 3.63) is 68.9 Å². The zero-order valence-electron chi connectivity index (χ0n) is 10.1. The van der Waals surface area contributed by atoms with E-state index in [0.29, 0.717) is 6.42 Å². The molecule has 0 aliphatic heterocycles. The van der Waals surface area contributed by atoms with E-state index in [1.165, 1.54) is 6.07 Å². The summed E-state index contributed by atoms with van der Waals surface area (Å²) in [7, 11) is 0. The van der Waals surface area contributed by atoms with Crippen LogP contribution in [0.1, 0.15) is 17.0 Å². The molecule has 0 saturated heterocycles. The fraction of sp³-hybridized carbons (Fsp3) is 0.200. The molecule has 2 aromatic carbocycles. The summed E-state index contributed by atoms with van der Waals surface area (Å²) in [6.45, 7) is 0.0197. The maximum absolute atomic E-state index is 13.4. The Labute approximate surface area is 125 Å². The van der Waals surface area contributed by atoms with Gasteiger partial charge in [-0.15, -0.1) is 0 Å². The first-order chi connectivity index (χ1) is 9.10. The number of aliphatic hydroxyl groups excluding tert-OH is 1. The lowest BCUT2D eigenvalue weighted by molar-refractivity contribution is 0.264. The Balaban J connectivity index is 2.18. The smallest absolute Gasteiger partial charge is 0.142 e. The highest BCUT2D eigenvalue weighted by atomic mass is 79.9. The first kappa shape index (κ1) is 14.5. The molecule has 19 heavy (non-hydrogen) atoms. The van der Waals surface area contributed by atoms with Crippen molar-refractivity contribution in [2.75, 3.05) is 6.61 Å². The van der Waals surface area contributed by atoms with E-state index in [4.69, 9.17) is 11.6 Å². The van der Waals surface area contributed by atoms with Gasteiger partial charge in [-0.05, 0) is 41.8 Å². The van der Waals surface area contributed by atoms with Gasteiger partial charge in [0.25, 0.3) is 0 Å². The van der Waals surface area contributed by atoms with Gasteiger partial charge in [0.1, 0.15) is 5.82 Å². The summed E-state index contributed by atoms with van der Waals surface area (Å²) in [4.78, 5) is 0. The zero-order chi connectivity index (χ0) is 13.8. The molecule has 0 aromatic heterocycles. The van der Waals surface area contributed by atoms with Gasteiger partial charge in [0.2, 0.25) is 0 Å². The molecule has 1 nitrogen and oxygen atoms in total. The van der Waals surface area contributed by atoms with E-state index in [2.05, 4.69) is 15.9 Å². The van der Waals surface area contributed by atoms with Crippen LogP contribution in [0.3, 0.4) is 0 Å². The van der Waals surface area contributed by atoms with E-state index >= 15 is 0 Å². The highest BCUT2D eigenvalue weighted by Gasteiger charge is 2.12. The minimum Gasteiger partial charge on any atom is -0.396 e. The molecule has 0 aliphatic carbocycles. The van der Waals surface area contributed by atoms with Crippen molar-refractivity contribution in [2.24, 2.45) is 0 Å². The molecule has 0 saturated carbocycles. The fourth-order valence-electron chi connectivity index (χ4n) is 1.97. The molecule has 0 fully saturated rings. The second-order valence-corrected chi connectivity index (χ2v) is 5.71. The third-order valence-electron chi connectivity index (χ3n) is 3.03. The summed E-state index contributed by atoms with van der Waals surface area (Å²) in [5, 5.41) is 9.62. The van der Waals surface area contributed by atoms with Crippen LogP contribution in [-0.4, -0.2) is 11.7 Å². The van der Waals surface area contributed by atoms with E-state index in [1.54, 1.807) is 12.1 Å². The molecular weight excluding hydrogens is 331 g/mol. The van der Waals surface area contributed by atoms with E-state index in [9.17, 15) is 9.50 Å². The third kappa shape index (κ3) is 3.78. The average Bonchev–Trinajstić information content (AvgIpc) is 2.41. The normalized spacial score (nSPS) is 12.4. The third-order valence-corrected chi connectivity index (χ3v) is 3.86. The van der Waals surface area contributed by atoms with Crippen LogP contribution in [0.15, 0.2) is 46.9 Å². The number of rotatable bonds is 4. The Kier molecular flexibility index (Phi) is 4.97. The highest BCUT2D eigenvalue weighted by Crippen LogP contribution is 2.24. The van der Waals surface area contributed by atoms with Crippen LogP contribution in [0.2, 0.25) is 5.02 Å². The summed E-state index contributed by atoms with van der Waals surface area (Å²) in [6, 6.07) is 12.5. The van der Waals surface area contributed by atoms with Crippen molar-refractivity contribution in [1.29, 1.82) is 0 Å². The topological polar surface area (TPSA) is 20.2 Å². The Hall–Kier alpha value is -0.900. The molecule has 1 atom stereocenters. The van der Waals surface area contributed by atoms with Crippen LogP contribution >= 0.6 is 27.5 Å². The summed E-state index contributed by atoms with van der Waals surface area (Å²) in [5.74, 6) is -0.472. The number of hydrogen-bond acceptors (Lipinski definition) is 1. The van der Waals surface area contributed by atoms with Crippen LogP contribution in [0, 0.1) is 5.82 Å². The van der Waals surface area contributed by atoms with E-state index in [0.717, 1.165) is 15.6 Å². The van der Waals surface area contributed by atoms with Crippen LogP contribution < -0.4 is 0 Å². The lowest BCUT2D eigenvalue weighted by atomic mass is 9.93. The summed E-state index contributed by atoms with van der Waals surface area (Å²) >= 11 is 9.03. The van der Waals surface area contributed by atoms with Crippen molar-refractivity contribution in [1.82, 2.24) is 0 Å². The van der Waals surface area contributed by atoms with E-state index < -0.39 is 5.82 Å². The molecule has 1 unspecified atom stereocenters. The van der Waals surface area contributed by atoms with Crippen LogP contribution in [0.5, 0.6) is 0 Å². The Morgan fingerprint density at radius 3 is 2.42 bits per heavy atom. The van der Waals surface area contributed by atoms with Crippen molar-refractivity contribution in [3.63, 3.8) is 0 Å². The minimum atomic E-state index is -0.424. The lowest BCUT2D eigenvalue weighted by Gasteiger charge is -2.15. The molecule has 2 aromatic rings. The first-order valence-corrected chi connectivity index (χ1v) is 7.07. The molecule has 1 N–H and O–H groups in total. The largest absolute Gasteiger partial charge is 0.396 e. The molecule has 100 valence electrons.